The number of carbonyl (C=O) groups excluding carboxylic acids is 1. The number of nitrogens with zero attached hydrogens (tertiary/aromatic N) is 4. The van der Waals surface area contributed by atoms with Gasteiger partial charge in [0.2, 0.25) is 5.82 Å². The zero-order valence-electron chi connectivity index (χ0n) is 17.1. The lowest BCUT2D eigenvalue weighted by molar-refractivity contribution is -0.145. The summed E-state index contributed by atoms with van der Waals surface area (Å²) in [7, 11) is 0. The molecule has 0 saturated heterocycles. The molecule has 2 heterocycles. The Morgan fingerprint density at radius 1 is 1.10 bits per heavy atom. The topological polar surface area (TPSA) is 106 Å². The molecule has 0 aliphatic heterocycles. The fraction of sp³-hybridized carbons (Fsp3) is 0.450. The van der Waals surface area contributed by atoms with E-state index in [4.69, 9.17) is 4.74 Å². The van der Waals surface area contributed by atoms with Gasteiger partial charge in [-0.1, -0.05) is 0 Å². The van der Waals surface area contributed by atoms with E-state index in [1.165, 1.54) is 6.20 Å². The minimum absolute atomic E-state index is 0.141. The third kappa shape index (κ3) is 5.68. The number of amides is 2. The average Bonchev–Trinajstić information content (AvgIpc) is 3.48. The van der Waals surface area contributed by atoms with E-state index in [0.29, 0.717) is 21.7 Å². The lowest BCUT2D eigenvalue weighted by atomic mass is 10.0. The van der Waals surface area contributed by atoms with Crippen LogP contribution in [-0.4, -0.2) is 42.7 Å². The maximum Gasteiger partial charge on any atom is 0.451 e. The quantitative estimate of drug-likeness (QED) is 0.727. The number of carbonyl (C=O) groups is 2. The van der Waals surface area contributed by atoms with Crippen LogP contribution in [0, 0.1) is 0 Å². The maximum atomic E-state index is 12.7. The van der Waals surface area contributed by atoms with Gasteiger partial charge in [0.05, 0.1) is 6.54 Å². The van der Waals surface area contributed by atoms with Gasteiger partial charge in [0.25, 0.3) is 0 Å². The van der Waals surface area contributed by atoms with Gasteiger partial charge in [0.1, 0.15) is 5.60 Å². The first-order chi connectivity index (χ1) is 14.3. The van der Waals surface area contributed by atoms with Crippen molar-refractivity contribution >= 4 is 12.2 Å². The molecule has 2 aromatic rings. The summed E-state index contributed by atoms with van der Waals surface area (Å²) in [5.41, 5.74) is 0.910. The number of rotatable bonds is 4. The summed E-state index contributed by atoms with van der Waals surface area (Å²) < 4.78 is 43.3. The number of ether oxygens (including phenoxy) is 1. The summed E-state index contributed by atoms with van der Waals surface area (Å²) in [4.78, 5) is 35.7. The summed E-state index contributed by atoms with van der Waals surface area (Å²) in [6.07, 6.45) is -1.89. The Hall–Kier alpha value is -3.24. The van der Waals surface area contributed by atoms with Crippen LogP contribution >= 0.6 is 0 Å². The van der Waals surface area contributed by atoms with E-state index in [9.17, 15) is 27.9 Å². The van der Waals surface area contributed by atoms with Crippen LogP contribution in [0.25, 0.3) is 11.1 Å². The normalized spacial score (nSPS) is 14.3. The zero-order chi connectivity index (χ0) is 23.0. The Labute approximate surface area is 176 Å². The highest BCUT2D eigenvalue weighted by molar-refractivity contribution is 5.87. The van der Waals surface area contributed by atoms with E-state index in [0.717, 1.165) is 25.2 Å². The molecule has 0 atom stereocenters. The van der Waals surface area contributed by atoms with Crippen molar-refractivity contribution in [1.82, 2.24) is 19.9 Å². The van der Waals surface area contributed by atoms with Crippen LogP contribution in [0.5, 0.6) is 0 Å². The average molecular weight is 438 g/mol. The predicted molar refractivity (Wildman–Crippen MR) is 102 cm³/mol. The molecule has 1 saturated carbocycles. The Bertz CT molecular complexity index is 983. The second-order valence-corrected chi connectivity index (χ2v) is 8.18. The lowest BCUT2D eigenvalue weighted by Gasteiger charge is -2.25. The lowest BCUT2D eigenvalue weighted by Crippen LogP contribution is -2.39. The van der Waals surface area contributed by atoms with Crippen LogP contribution in [-0.2, 0) is 17.5 Å². The van der Waals surface area contributed by atoms with E-state index < -0.39 is 29.8 Å². The SMILES string of the molecule is CC(C)(C)OC(=O)N(Cc1cc(-c2cnc(C(F)(F)F)nc2)cnc1C1CC1)C(=O)O. The summed E-state index contributed by atoms with van der Waals surface area (Å²) in [5.74, 6) is -1.12. The smallest absolute Gasteiger partial charge is 0.451 e. The molecule has 2 amide bonds. The third-order valence-corrected chi connectivity index (χ3v) is 4.38. The highest BCUT2D eigenvalue weighted by Gasteiger charge is 2.35. The first-order valence-corrected chi connectivity index (χ1v) is 9.47. The molecular formula is C20H21F3N4O4. The molecule has 2 aromatic heterocycles. The number of imide groups is 1. The van der Waals surface area contributed by atoms with E-state index in [-0.39, 0.29) is 18.0 Å². The Morgan fingerprint density at radius 2 is 1.68 bits per heavy atom. The highest BCUT2D eigenvalue weighted by atomic mass is 19.4. The van der Waals surface area contributed by atoms with Gasteiger partial charge < -0.3 is 9.84 Å². The molecular weight excluding hydrogens is 417 g/mol. The highest BCUT2D eigenvalue weighted by Crippen LogP contribution is 2.41. The van der Waals surface area contributed by atoms with Gasteiger partial charge in [-0.05, 0) is 45.2 Å². The second-order valence-electron chi connectivity index (χ2n) is 8.18. The van der Waals surface area contributed by atoms with Crippen molar-refractivity contribution in [2.45, 2.75) is 57.9 Å². The van der Waals surface area contributed by atoms with Crippen molar-refractivity contribution in [3.05, 3.63) is 41.7 Å². The van der Waals surface area contributed by atoms with Crippen LogP contribution in [0.2, 0.25) is 0 Å². The summed E-state index contributed by atoms with van der Waals surface area (Å²) in [6, 6.07) is 1.59. The van der Waals surface area contributed by atoms with Crippen molar-refractivity contribution in [2.24, 2.45) is 0 Å². The van der Waals surface area contributed by atoms with Crippen LogP contribution in [0.15, 0.2) is 24.7 Å². The van der Waals surface area contributed by atoms with E-state index >= 15 is 0 Å². The van der Waals surface area contributed by atoms with Crippen molar-refractivity contribution in [2.75, 3.05) is 0 Å². The van der Waals surface area contributed by atoms with Crippen LogP contribution in [0.4, 0.5) is 22.8 Å². The van der Waals surface area contributed by atoms with E-state index in [2.05, 4.69) is 15.0 Å². The van der Waals surface area contributed by atoms with Gasteiger partial charge >= 0.3 is 18.4 Å². The van der Waals surface area contributed by atoms with Gasteiger partial charge in [-0.15, -0.1) is 0 Å². The molecule has 0 radical (unpaired) electrons. The molecule has 0 bridgehead atoms. The predicted octanol–water partition coefficient (Wildman–Crippen LogP) is 4.85. The standard InChI is InChI=1S/C20H21F3N4O4/c1-19(2,3)31-18(30)27(17(28)29)10-13-6-12(7-24-15(13)11-4-5-11)14-8-25-16(26-9-14)20(21,22)23/h6-9,11H,4-5,10H2,1-3H3,(H,28,29). The molecule has 8 nitrogen and oxygen atoms in total. The summed E-state index contributed by atoms with van der Waals surface area (Å²) in [6.45, 7) is 4.55. The van der Waals surface area contributed by atoms with Gasteiger partial charge in [-0.2, -0.15) is 13.2 Å². The number of hydrogen-bond donors (Lipinski definition) is 1. The van der Waals surface area contributed by atoms with Crippen molar-refractivity contribution < 1.29 is 32.6 Å². The van der Waals surface area contributed by atoms with Gasteiger partial charge in [0.15, 0.2) is 0 Å². The molecule has 166 valence electrons. The molecule has 0 aromatic carbocycles. The second kappa shape index (κ2) is 8.12. The minimum atomic E-state index is -4.66. The molecule has 1 fully saturated rings. The Balaban J connectivity index is 1.93. The van der Waals surface area contributed by atoms with Crippen LogP contribution < -0.4 is 0 Å². The number of pyridine rings is 1. The molecule has 11 heteroatoms. The molecule has 0 unspecified atom stereocenters. The van der Waals surface area contributed by atoms with E-state index in [1.54, 1.807) is 26.8 Å². The maximum absolute atomic E-state index is 12.7. The van der Waals surface area contributed by atoms with Crippen LogP contribution in [0.3, 0.4) is 0 Å². The van der Waals surface area contributed by atoms with Crippen molar-refractivity contribution in [1.29, 1.82) is 0 Å². The number of alkyl halides is 3. The Kier molecular flexibility index (Phi) is 5.88. The van der Waals surface area contributed by atoms with E-state index in [1.807, 2.05) is 0 Å². The molecule has 31 heavy (non-hydrogen) atoms. The fourth-order valence-corrected chi connectivity index (χ4v) is 2.85. The third-order valence-electron chi connectivity index (χ3n) is 4.38. The van der Waals surface area contributed by atoms with Gasteiger partial charge in [-0.3, -0.25) is 4.98 Å². The van der Waals surface area contributed by atoms with Crippen molar-refractivity contribution in [3.63, 3.8) is 0 Å². The number of aromatic nitrogens is 3. The monoisotopic (exact) mass is 438 g/mol. The van der Waals surface area contributed by atoms with Gasteiger partial charge in [0, 0.05) is 41.3 Å². The van der Waals surface area contributed by atoms with Crippen molar-refractivity contribution in [3.8, 4) is 11.1 Å². The number of halogens is 3. The fourth-order valence-electron chi connectivity index (χ4n) is 2.85. The molecule has 1 aliphatic rings. The zero-order valence-corrected chi connectivity index (χ0v) is 17.1. The first kappa shape index (κ1) is 22.4. The molecule has 1 aliphatic carbocycles. The first-order valence-electron chi connectivity index (χ1n) is 9.47. The molecule has 0 spiro atoms. The number of carboxylic acid groups (broad SMARTS) is 1. The summed E-state index contributed by atoms with van der Waals surface area (Å²) >= 11 is 0. The summed E-state index contributed by atoms with van der Waals surface area (Å²) in [5, 5.41) is 9.52. The molecule has 3 rings (SSSR count). The Morgan fingerprint density at radius 3 is 2.16 bits per heavy atom. The van der Waals surface area contributed by atoms with Crippen LogP contribution in [0.1, 0.15) is 56.6 Å². The largest absolute Gasteiger partial charge is 0.465 e. The minimum Gasteiger partial charge on any atom is -0.465 e. The van der Waals surface area contributed by atoms with Gasteiger partial charge in [-0.25, -0.2) is 24.5 Å². The number of hydrogen-bond acceptors (Lipinski definition) is 6. The molecule has 1 N–H and O–H groups in total.